The van der Waals surface area contributed by atoms with Crippen LogP contribution in [0.2, 0.25) is 0 Å². The average molecular weight is 252 g/mol. The lowest BCUT2D eigenvalue weighted by Crippen LogP contribution is -2.15. The number of aliphatic hydroxyl groups is 1. The van der Waals surface area contributed by atoms with Gasteiger partial charge in [-0.25, -0.2) is 8.78 Å². The van der Waals surface area contributed by atoms with Crippen molar-refractivity contribution < 1.29 is 13.9 Å². The average Bonchev–Trinajstić information content (AvgIpc) is 2.10. The molecule has 5 heteroatoms. The fraction of sp³-hybridized carbons (Fsp3) is 0.250. The smallest absolute Gasteiger partial charge is 0.159 e. The predicted octanol–water partition coefficient (Wildman–Crippen LogP) is 1.72. The van der Waals surface area contributed by atoms with E-state index in [2.05, 4.69) is 15.9 Å². The maximum atomic E-state index is 12.7. The Labute approximate surface area is 82.5 Å². The van der Waals surface area contributed by atoms with Gasteiger partial charge in [-0.3, -0.25) is 0 Å². The van der Waals surface area contributed by atoms with Crippen LogP contribution in [0.4, 0.5) is 8.78 Å². The van der Waals surface area contributed by atoms with Crippen LogP contribution in [0.15, 0.2) is 16.6 Å². The third kappa shape index (κ3) is 2.24. The van der Waals surface area contributed by atoms with Gasteiger partial charge in [-0.1, -0.05) is 15.9 Å². The fourth-order valence-corrected chi connectivity index (χ4v) is 1.53. The Kier molecular flexibility index (Phi) is 3.35. The molecule has 0 aliphatic rings. The Bertz CT molecular complexity index is 319. The second kappa shape index (κ2) is 4.13. The molecular formula is C8H8BrF2NO. The van der Waals surface area contributed by atoms with E-state index in [9.17, 15) is 8.78 Å². The van der Waals surface area contributed by atoms with Gasteiger partial charge >= 0.3 is 0 Å². The highest BCUT2D eigenvalue weighted by Gasteiger charge is 2.12. The minimum absolute atomic E-state index is 0.316. The van der Waals surface area contributed by atoms with Gasteiger partial charge in [0.2, 0.25) is 0 Å². The van der Waals surface area contributed by atoms with Gasteiger partial charge in [0.1, 0.15) is 0 Å². The van der Waals surface area contributed by atoms with E-state index in [0.717, 1.165) is 12.1 Å². The molecule has 0 amide bonds. The lowest BCUT2D eigenvalue weighted by atomic mass is 10.1. The van der Waals surface area contributed by atoms with Crippen LogP contribution >= 0.6 is 15.9 Å². The number of nitrogens with two attached hydrogens (primary N) is 1. The SMILES string of the molecule is N[C@H](CO)c1cc(F)c(F)cc1Br. The molecule has 0 aliphatic carbocycles. The highest BCUT2D eigenvalue weighted by molar-refractivity contribution is 9.10. The van der Waals surface area contributed by atoms with Crippen molar-refractivity contribution >= 4 is 15.9 Å². The summed E-state index contributed by atoms with van der Waals surface area (Å²) < 4.78 is 25.7. The molecule has 0 saturated heterocycles. The van der Waals surface area contributed by atoms with Gasteiger partial charge in [-0.15, -0.1) is 0 Å². The van der Waals surface area contributed by atoms with Crippen LogP contribution in [0.25, 0.3) is 0 Å². The summed E-state index contributed by atoms with van der Waals surface area (Å²) in [7, 11) is 0. The van der Waals surface area contributed by atoms with Crippen molar-refractivity contribution in [1.82, 2.24) is 0 Å². The van der Waals surface area contributed by atoms with Gasteiger partial charge in [0.15, 0.2) is 11.6 Å². The molecule has 0 aliphatic heterocycles. The van der Waals surface area contributed by atoms with Gasteiger partial charge in [-0.2, -0.15) is 0 Å². The van der Waals surface area contributed by atoms with Crippen molar-refractivity contribution in [3.63, 3.8) is 0 Å². The molecule has 0 radical (unpaired) electrons. The van der Waals surface area contributed by atoms with E-state index < -0.39 is 17.7 Å². The summed E-state index contributed by atoms with van der Waals surface area (Å²) in [6.45, 7) is -0.316. The molecule has 0 spiro atoms. The van der Waals surface area contributed by atoms with E-state index in [1.807, 2.05) is 0 Å². The number of halogens is 3. The monoisotopic (exact) mass is 251 g/mol. The minimum atomic E-state index is -0.970. The predicted molar refractivity (Wildman–Crippen MR) is 48.1 cm³/mol. The molecule has 1 aromatic carbocycles. The maximum Gasteiger partial charge on any atom is 0.159 e. The van der Waals surface area contributed by atoms with Crippen molar-refractivity contribution in [2.75, 3.05) is 6.61 Å². The Morgan fingerprint density at radius 1 is 1.38 bits per heavy atom. The van der Waals surface area contributed by atoms with Crippen LogP contribution in [0.3, 0.4) is 0 Å². The zero-order chi connectivity index (χ0) is 10.0. The molecule has 13 heavy (non-hydrogen) atoms. The van der Waals surface area contributed by atoms with Gasteiger partial charge in [-0.05, 0) is 17.7 Å². The molecular weight excluding hydrogens is 244 g/mol. The van der Waals surface area contributed by atoms with Gasteiger partial charge in [0.25, 0.3) is 0 Å². The number of aliphatic hydroxyl groups excluding tert-OH is 1. The van der Waals surface area contributed by atoms with Crippen LogP contribution in [0, 0.1) is 11.6 Å². The molecule has 2 nitrogen and oxygen atoms in total. The summed E-state index contributed by atoms with van der Waals surface area (Å²) in [5, 5.41) is 8.71. The van der Waals surface area contributed by atoms with E-state index in [1.54, 1.807) is 0 Å². The van der Waals surface area contributed by atoms with E-state index in [-0.39, 0.29) is 6.61 Å². The number of hydrogen-bond donors (Lipinski definition) is 2. The Balaban J connectivity index is 3.15. The van der Waals surface area contributed by atoms with Crippen LogP contribution in [-0.2, 0) is 0 Å². The molecule has 72 valence electrons. The van der Waals surface area contributed by atoms with Crippen LogP contribution in [0.5, 0.6) is 0 Å². The van der Waals surface area contributed by atoms with E-state index in [0.29, 0.717) is 10.0 Å². The third-order valence-corrected chi connectivity index (χ3v) is 2.32. The first kappa shape index (κ1) is 10.6. The molecule has 0 bridgehead atoms. The molecule has 1 atom stereocenters. The van der Waals surface area contributed by atoms with E-state index in [1.165, 1.54) is 0 Å². The molecule has 0 saturated carbocycles. The largest absolute Gasteiger partial charge is 0.394 e. The van der Waals surface area contributed by atoms with Crippen molar-refractivity contribution in [2.24, 2.45) is 5.73 Å². The van der Waals surface area contributed by atoms with Crippen molar-refractivity contribution in [3.05, 3.63) is 33.8 Å². The van der Waals surface area contributed by atoms with Gasteiger partial charge in [0, 0.05) is 4.47 Å². The zero-order valence-electron chi connectivity index (χ0n) is 6.60. The maximum absolute atomic E-state index is 12.7. The first-order valence-corrected chi connectivity index (χ1v) is 4.36. The molecule has 1 rings (SSSR count). The van der Waals surface area contributed by atoms with Crippen molar-refractivity contribution in [3.8, 4) is 0 Å². The summed E-state index contributed by atoms with van der Waals surface area (Å²) in [5.74, 6) is -1.91. The minimum Gasteiger partial charge on any atom is -0.394 e. The Hall–Kier alpha value is -0.520. The first-order valence-electron chi connectivity index (χ1n) is 3.57. The molecule has 1 aromatic rings. The zero-order valence-corrected chi connectivity index (χ0v) is 8.18. The van der Waals surface area contributed by atoms with Crippen LogP contribution < -0.4 is 5.73 Å². The van der Waals surface area contributed by atoms with Crippen molar-refractivity contribution in [1.29, 1.82) is 0 Å². The Morgan fingerprint density at radius 2 is 1.92 bits per heavy atom. The van der Waals surface area contributed by atoms with Crippen LogP contribution in [-0.4, -0.2) is 11.7 Å². The second-order valence-corrected chi connectivity index (χ2v) is 3.43. The lowest BCUT2D eigenvalue weighted by Gasteiger charge is -2.10. The molecule has 0 heterocycles. The summed E-state index contributed by atoms with van der Waals surface area (Å²) in [4.78, 5) is 0. The topological polar surface area (TPSA) is 46.2 Å². The second-order valence-electron chi connectivity index (χ2n) is 2.58. The normalized spacial score (nSPS) is 13.0. The quantitative estimate of drug-likeness (QED) is 0.787. The van der Waals surface area contributed by atoms with Crippen LogP contribution in [0.1, 0.15) is 11.6 Å². The summed E-state index contributed by atoms with van der Waals surface area (Å²) in [6, 6.07) is 1.25. The van der Waals surface area contributed by atoms with E-state index in [4.69, 9.17) is 10.8 Å². The molecule has 3 N–H and O–H groups in total. The number of rotatable bonds is 2. The summed E-state index contributed by atoms with van der Waals surface area (Å²) in [6.07, 6.45) is 0. The number of benzene rings is 1. The highest BCUT2D eigenvalue weighted by atomic mass is 79.9. The molecule has 0 aromatic heterocycles. The Morgan fingerprint density at radius 3 is 2.46 bits per heavy atom. The highest BCUT2D eigenvalue weighted by Crippen LogP contribution is 2.24. The standard InChI is InChI=1S/C8H8BrF2NO/c9-5-2-7(11)6(10)1-4(5)8(12)3-13/h1-2,8,13H,3,12H2/t8-/m1/s1. The fourth-order valence-electron chi connectivity index (χ4n) is 0.920. The number of hydrogen-bond acceptors (Lipinski definition) is 2. The van der Waals surface area contributed by atoms with Crippen molar-refractivity contribution in [2.45, 2.75) is 6.04 Å². The third-order valence-electron chi connectivity index (χ3n) is 1.64. The van der Waals surface area contributed by atoms with E-state index >= 15 is 0 Å². The van der Waals surface area contributed by atoms with Gasteiger partial charge < -0.3 is 10.8 Å². The molecule has 0 fully saturated rings. The molecule has 0 unspecified atom stereocenters. The first-order chi connectivity index (χ1) is 6.06. The summed E-state index contributed by atoms with van der Waals surface area (Å²) in [5.41, 5.74) is 5.79. The van der Waals surface area contributed by atoms with Gasteiger partial charge in [0.05, 0.1) is 12.6 Å². The summed E-state index contributed by atoms with van der Waals surface area (Å²) >= 11 is 3.02. The lowest BCUT2D eigenvalue weighted by molar-refractivity contribution is 0.267.